The summed E-state index contributed by atoms with van der Waals surface area (Å²) in [6.45, 7) is 1.13. The average molecular weight is 514 g/mol. The standard InChI is InChI=1S/C26H22F3N3O3S/c27-26(28,29)22-8-7-18(36-22)14-32-21-15-31(11-9-19(21)20-2-1-10-30-25(20)32)23(33)12-16-3-5-17(6-4-16)13-24(34)35/h1-8,10H,9,11-15H2,(H,34,35). The molecule has 0 bridgehead atoms. The SMILES string of the molecule is O=C(O)Cc1ccc(CC(=O)N2CCc3c(n(Cc4ccc(C(F)(F)F)s4)c4ncccc34)C2)cc1. The number of thiophene rings is 1. The van der Waals surface area contributed by atoms with Crippen molar-refractivity contribution in [3.63, 3.8) is 0 Å². The highest BCUT2D eigenvalue weighted by atomic mass is 32.1. The zero-order valence-electron chi connectivity index (χ0n) is 19.1. The van der Waals surface area contributed by atoms with E-state index in [1.165, 1.54) is 6.07 Å². The number of amides is 1. The number of nitrogens with zero attached hydrogens (tertiary/aromatic N) is 3. The number of carbonyl (C=O) groups is 2. The number of alkyl halides is 3. The van der Waals surface area contributed by atoms with Crippen molar-refractivity contribution in [3.05, 3.63) is 86.9 Å². The average Bonchev–Trinajstić information content (AvgIpc) is 3.44. The Balaban J connectivity index is 1.39. The minimum Gasteiger partial charge on any atom is -0.481 e. The molecule has 186 valence electrons. The minimum atomic E-state index is -4.38. The van der Waals surface area contributed by atoms with E-state index in [0.717, 1.165) is 39.6 Å². The van der Waals surface area contributed by atoms with Gasteiger partial charge in [-0.1, -0.05) is 24.3 Å². The normalized spacial score (nSPS) is 13.7. The Morgan fingerprint density at radius 1 is 1.03 bits per heavy atom. The maximum Gasteiger partial charge on any atom is 0.425 e. The van der Waals surface area contributed by atoms with E-state index in [9.17, 15) is 22.8 Å². The van der Waals surface area contributed by atoms with E-state index in [4.69, 9.17) is 5.11 Å². The van der Waals surface area contributed by atoms with Crippen LogP contribution in [0.3, 0.4) is 0 Å². The second-order valence-corrected chi connectivity index (χ2v) is 9.95. The van der Waals surface area contributed by atoms with Crippen molar-refractivity contribution in [1.29, 1.82) is 0 Å². The molecule has 3 aromatic heterocycles. The molecular weight excluding hydrogens is 491 g/mol. The lowest BCUT2D eigenvalue weighted by atomic mass is 10.0. The van der Waals surface area contributed by atoms with E-state index in [1.54, 1.807) is 35.4 Å². The number of fused-ring (bicyclic) bond motifs is 3. The highest BCUT2D eigenvalue weighted by molar-refractivity contribution is 7.12. The number of benzene rings is 1. The molecule has 0 saturated heterocycles. The molecule has 5 rings (SSSR count). The smallest absolute Gasteiger partial charge is 0.425 e. The van der Waals surface area contributed by atoms with Crippen molar-refractivity contribution in [1.82, 2.24) is 14.5 Å². The Bertz CT molecular complexity index is 1440. The Morgan fingerprint density at radius 3 is 2.42 bits per heavy atom. The van der Waals surface area contributed by atoms with E-state index >= 15 is 0 Å². The highest BCUT2D eigenvalue weighted by Gasteiger charge is 2.33. The molecule has 6 nitrogen and oxygen atoms in total. The van der Waals surface area contributed by atoms with Gasteiger partial charge < -0.3 is 14.6 Å². The van der Waals surface area contributed by atoms with Gasteiger partial charge in [0, 0.05) is 28.7 Å². The third-order valence-corrected chi connectivity index (χ3v) is 7.47. The van der Waals surface area contributed by atoms with Gasteiger partial charge in [-0.15, -0.1) is 11.3 Å². The summed E-state index contributed by atoms with van der Waals surface area (Å²) in [5.41, 5.74) is 4.13. The fourth-order valence-electron chi connectivity index (χ4n) is 4.65. The van der Waals surface area contributed by atoms with Crippen LogP contribution < -0.4 is 0 Å². The summed E-state index contributed by atoms with van der Waals surface area (Å²) in [5.74, 6) is -0.975. The first kappa shape index (κ1) is 24.1. The Kier molecular flexibility index (Phi) is 6.29. The van der Waals surface area contributed by atoms with Crippen LogP contribution in [0.4, 0.5) is 13.2 Å². The van der Waals surface area contributed by atoms with Crippen LogP contribution in [0.2, 0.25) is 0 Å². The van der Waals surface area contributed by atoms with Gasteiger partial charge in [-0.2, -0.15) is 13.2 Å². The molecular formula is C26H22F3N3O3S. The highest BCUT2D eigenvalue weighted by Crippen LogP contribution is 2.36. The van der Waals surface area contributed by atoms with Gasteiger partial charge in [-0.3, -0.25) is 9.59 Å². The zero-order valence-corrected chi connectivity index (χ0v) is 19.9. The third kappa shape index (κ3) is 4.86. The molecule has 0 saturated carbocycles. The first-order valence-corrected chi connectivity index (χ1v) is 12.2. The quantitative estimate of drug-likeness (QED) is 0.397. The number of aliphatic carboxylic acids is 1. The lowest BCUT2D eigenvalue weighted by molar-refractivity contribution is -0.136. The van der Waals surface area contributed by atoms with Gasteiger partial charge in [0.1, 0.15) is 10.5 Å². The molecule has 1 aliphatic heterocycles. The molecule has 10 heteroatoms. The Labute approximate surface area is 208 Å². The van der Waals surface area contributed by atoms with Gasteiger partial charge in [0.25, 0.3) is 0 Å². The van der Waals surface area contributed by atoms with E-state index in [2.05, 4.69) is 4.98 Å². The van der Waals surface area contributed by atoms with Crippen molar-refractivity contribution in [3.8, 4) is 0 Å². The lowest BCUT2D eigenvalue weighted by Gasteiger charge is -2.28. The van der Waals surface area contributed by atoms with Crippen LogP contribution in [0.25, 0.3) is 11.0 Å². The first-order chi connectivity index (χ1) is 17.2. The number of halogens is 3. The summed E-state index contributed by atoms with van der Waals surface area (Å²) in [7, 11) is 0. The van der Waals surface area contributed by atoms with Crippen molar-refractivity contribution in [2.75, 3.05) is 6.54 Å². The topological polar surface area (TPSA) is 75.4 Å². The number of rotatable bonds is 6. The van der Waals surface area contributed by atoms with Crippen LogP contribution in [0.15, 0.2) is 54.7 Å². The second-order valence-electron chi connectivity index (χ2n) is 8.78. The lowest BCUT2D eigenvalue weighted by Crippen LogP contribution is -2.37. The van der Waals surface area contributed by atoms with Crippen molar-refractivity contribution in [2.24, 2.45) is 0 Å². The molecule has 0 aliphatic carbocycles. The second kappa shape index (κ2) is 9.42. The zero-order chi connectivity index (χ0) is 25.4. The largest absolute Gasteiger partial charge is 0.481 e. The molecule has 1 aromatic carbocycles. The van der Waals surface area contributed by atoms with Gasteiger partial charge >= 0.3 is 12.1 Å². The molecule has 1 aliphatic rings. The maximum atomic E-state index is 13.1. The van der Waals surface area contributed by atoms with Gasteiger partial charge in [-0.05, 0) is 47.4 Å². The van der Waals surface area contributed by atoms with Gasteiger partial charge in [0.2, 0.25) is 5.91 Å². The fourth-order valence-corrected chi connectivity index (χ4v) is 5.51. The number of hydrogen-bond acceptors (Lipinski definition) is 4. The van der Waals surface area contributed by atoms with Crippen molar-refractivity contribution in [2.45, 2.75) is 38.5 Å². The maximum absolute atomic E-state index is 13.1. The summed E-state index contributed by atoms with van der Waals surface area (Å²) in [5, 5.41) is 9.88. The van der Waals surface area contributed by atoms with Crippen LogP contribution in [0.1, 0.15) is 32.1 Å². The molecule has 1 amide bonds. The molecule has 0 radical (unpaired) electrons. The number of pyridine rings is 1. The molecule has 0 fully saturated rings. The molecule has 0 unspecified atom stereocenters. The molecule has 4 heterocycles. The predicted molar refractivity (Wildman–Crippen MR) is 129 cm³/mol. The Hall–Kier alpha value is -3.66. The van der Waals surface area contributed by atoms with Crippen molar-refractivity contribution >= 4 is 34.2 Å². The molecule has 1 N–H and O–H groups in total. The monoisotopic (exact) mass is 513 g/mol. The summed E-state index contributed by atoms with van der Waals surface area (Å²) < 4.78 is 41.3. The number of hydrogen-bond donors (Lipinski definition) is 1. The third-order valence-electron chi connectivity index (χ3n) is 6.36. The number of carbonyl (C=O) groups excluding carboxylic acids is 1. The van der Waals surface area contributed by atoms with Gasteiger partial charge in [0.15, 0.2) is 0 Å². The number of carboxylic acid groups (broad SMARTS) is 1. The molecule has 0 spiro atoms. The van der Waals surface area contributed by atoms with Crippen LogP contribution in [0.5, 0.6) is 0 Å². The minimum absolute atomic E-state index is 0.0631. The molecule has 36 heavy (non-hydrogen) atoms. The van der Waals surface area contributed by atoms with Crippen LogP contribution in [-0.2, 0) is 48.1 Å². The van der Waals surface area contributed by atoms with E-state index in [0.29, 0.717) is 35.6 Å². The van der Waals surface area contributed by atoms with Crippen LogP contribution in [-0.4, -0.2) is 38.0 Å². The van der Waals surface area contributed by atoms with E-state index in [-0.39, 0.29) is 25.3 Å². The van der Waals surface area contributed by atoms with Gasteiger partial charge in [-0.25, -0.2) is 4.98 Å². The van der Waals surface area contributed by atoms with E-state index < -0.39 is 17.0 Å². The summed E-state index contributed by atoms with van der Waals surface area (Å²) in [4.78, 5) is 30.2. The summed E-state index contributed by atoms with van der Waals surface area (Å²) in [6, 6.07) is 13.4. The summed E-state index contributed by atoms with van der Waals surface area (Å²) in [6.07, 6.45) is -1.98. The van der Waals surface area contributed by atoms with Crippen LogP contribution >= 0.6 is 11.3 Å². The molecule has 4 aromatic rings. The predicted octanol–water partition coefficient (Wildman–Crippen LogP) is 4.92. The van der Waals surface area contributed by atoms with Gasteiger partial charge in [0.05, 0.1) is 25.9 Å². The fraction of sp³-hybridized carbons (Fsp3) is 0.269. The first-order valence-electron chi connectivity index (χ1n) is 11.4. The Morgan fingerprint density at radius 2 is 1.75 bits per heavy atom. The number of aromatic nitrogens is 2. The summed E-state index contributed by atoms with van der Waals surface area (Å²) >= 11 is 0.720. The molecule has 0 atom stereocenters. The number of carboxylic acids is 1. The van der Waals surface area contributed by atoms with Crippen molar-refractivity contribution < 1.29 is 27.9 Å². The van der Waals surface area contributed by atoms with Crippen LogP contribution in [0, 0.1) is 0 Å². The van der Waals surface area contributed by atoms with E-state index in [1.807, 2.05) is 16.7 Å².